The van der Waals surface area contributed by atoms with E-state index in [0.29, 0.717) is 17.8 Å². The Morgan fingerprint density at radius 2 is 1.92 bits per heavy atom. The summed E-state index contributed by atoms with van der Waals surface area (Å²) < 4.78 is 52.4. The van der Waals surface area contributed by atoms with E-state index in [2.05, 4.69) is 26.6 Å². The molecule has 126 valence electrons. The summed E-state index contributed by atoms with van der Waals surface area (Å²) in [5.41, 5.74) is 0.710. The SMILES string of the molecule is O=C(Nc1cc(Br)c2c(c1)NCC2)c1cc(F)cc(C(F)(F)F)c1. The fourth-order valence-electron chi connectivity index (χ4n) is 2.53. The van der Waals surface area contributed by atoms with Gasteiger partial charge in [0.1, 0.15) is 5.82 Å². The van der Waals surface area contributed by atoms with Crippen molar-refractivity contribution in [2.45, 2.75) is 12.6 Å². The highest BCUT2D eigenvalue weighted by atomic mass is 79.9. The average molecular weight is 403 g/mol. The van der Waals surface area contributed by atoms with Crippen LogP contribution in [-0.4, -0.2) is 12.5 Å². The number of carbonyl (C=O) groups is 1. The van der Waals surface area contributed by atoms with Crippen molar-refractivity contribution in [3.8, 4) is 0 Å². The molecule has 8 heteroatoms. The van der Waals surface area contributed by atoms with Gasteiger partial charge in [0.2, 0.25) is 0 Å². The second kappa shape index (κ2) is 6.08. The van der Waals surface area contributed by atoms with Crippen LogP contribution in [0.25, 0.3) is 0 Å². The van der Waals surface area contributed by atoms with Crippen molar-refractivity contribution in [3.05, 3.63) is 57.3 Å². The van der Waals surface area contributed by atoms with Gasteiger partial charge in [-0.2, -0.15) is 13.2 Å². The normalized spacial score (nSPS) is 13.4. The largest absolute Gasteiger partial charge is 0.416 e. The molecule has 1 aliphatic heterocycles. The molecule has 1 aliphatic rings. The van der Waals surface area contributed by atoms with Gasteiger partial charge in [-0.3, -0.25) is 4.79 Å². The second-order valence-corrected chi connectivity index (χ2v) is 6.20. The highest BCUT2D eigenvalue weighted by Gasteiger charge is 2.32. The predicted octanol–water partition coefficient (Wildman–Crippen LogP) is 4.83. The molecule has 1 heterocycles. The first-order valence-corrected chi connectivity index (χ1v) is 7.79. The monoisotopic (exact) mass is 402 g/mol. The van der Waals surface area contributed by atoms with Gasteiger partial charge in [0.05, 0.1) is 5.56 Å². The quantitative estimate of drug-likeness (QED) is 0.706. The van der Waals surface area contributed by atoms with Crippen LogP contribution in [0.1, 0.15) is 21.5 Å². The minimum absolute atomic E-state index is 0.354. The Labute approximate surface area is 143 Å². The zero-order valence-electron chi connectivity index (χ0n) is 12.1. The molecule has 2 N–H and O–H groups in total. The number of hydrogen-bond donors (Lipinski definition) is 2. The number of fused-ring (bicyclic) bond motifs is 1. The predicted molar refractivity (Wildman–Crippen MR) is 85.7 cm³/mol. The summed E-state index contributed by atoms with van der Waals surface area (Å²) in [7, 11) is 0. The number of alkyl halides is 3. The van der Waals surface area contributed by atoms with Crippen LogP contribution >= 0.6 is 15.9 Å². The summed E-state index contributed by atoms with van der Waals surface area (Å²) in [5, 5.41) is 5.63. The van der Waals surface area contributed by atoms with Gasteiger partial charge in [-0.25, -0.2) is 4.39 Å². The van der Waals surface area contributed by atoms with Crippen LogP contribution in [0.15, 0.2) is 34.8 Å². The van der Waals surface area contributed by atoms with Crippen LogP contribution in [0.4, 0.5) is 28.9 Å². The smallest absolute Gasteiger partial charge is 0.384 e. The Balaban J connectivity index is 1.88. The molecule has 0 atom stereocenters. The number of anilines is 2. The van der Waals surface area contributed by atoms with E-state index in [4.69, 9.17) is 0 Å². The molecular weight excluding hydrogens is 392 g/mol. The first-order chi connectivity index (χ1) is 11.2. The summed E-state index contributed by atoms with van der Waals surface area (Å²) in [6, 6.07) is 5.10. The Kier molecular flexibility index (Phi) is 4.25. The van der Waals surface area contributed by atoms with Crippen LogP contribution in [0.3, 0.4) is 0 Å². The molecule has 24 heavy (non-hydrogen) atoms. The molecular formula is C16H11BrF4N2O. The molecule has 0 radical (unpaired) electrons. The topological polar surface area (TPSA) is 41.1 Å². The van der Waals surface area contributed by atoms with Crippen molar-refractivity contribution in [2.75, 3.05) is 17.2 Å². The molecule has 0 unspecified atom stereocenters. The van der Waals surface area contributed by atoms with Gasteiger partial charge in [0, 0.05) is 28.0 Å². The molecule has 0 spiro atoms. The van der Waals surface area contributed by atoms with Crippen LogP contribution in [0.5, 0.6) is 0 Å². The highest BCUT2D eigenvalue weighted by molar-refractivity contribution is 9.10. The van der Waals surface area contributed by atoms with Crippen molar-refractivity contribution in [2.24, 2.45) is 0 Å². The van der Waals surface area contributed by atoms with E-state index in [1.165, 1.54) is 0 Å². The van der Waals surface area contributed by atoms with E-state index in [9.17, 15) is 22.4 Å². The summed E-state index contributed by atoms with van der Waals surface area (Å²) in [6.07, 6.45) is -3.89. The molecule has 0 saturated heterocycles. The first kappa shape index (κ1) is 16.8. The minimum atomic E-state index is -4.72. The van der Waals surface area contributed by atoms with Gasteiger partial charge in [-0.1, -0.05) is 15.9 Å². The number of carbonyl (C=O) groups excluding carboxylic acids is 1. The number of benzene rings is 2. The van der Waals surface area contributed by atoms with E-state index < -0.39 is 29.0 Å². The maximum atomic E-state index is 13.4. The van der Waals surface area contributed by atoms with Crippen molar-refractivity contribution in [1.29, 1.82) is 0 Å². The Morgan fingerprint density at radius 1 is 1.17 bits per heavy atom. The van der Waals surface area contributed by atoms with E-state index >= 15 is 0 Å². The van der Waals surface area contributed by atoms with Crippen LogP contribution in [-0.2, 0) is 12.6 Å². The van der Waals surface area contributed by atoms with Crippen molar-refractivity contribution in [3.63, 3.8) is 0 Å². The third-order valence-corrected chi connectivity index (χ3v) is 4.34. The van der Waals surface area contributed by atoms with Gasteiger partial charge in [-0.15, -0.1) is 0 Å². The molecule has 0 aromatic heterocycles. The van der Waals surface area contributed by atoms with Gasteiger partial charge in [0.25, 0.3) is 5.91 Å². The lowest BCUT2D eigenvalue weighted by Crippen LogP contribution is -2.15. The van der Waals surface area contributed by atoms with Gasteiger partial charge in [-0.05, 0) is 42.3 Å². The Bertz CT molecular complexity index is 820. The van der Waals surface area contributed by atoms with E-state index in [1.807, 2.05) is 0 Å². The van der Waals surface area contributed by atoms with Gasteiger partial charge in [0.15, 0.2) is 0 Å². The molecule has 2 aromatic rings. The van der Waals surface area contributed by atoms with E-state index in [0.717, 1.165) is 34.8 Å². The third-order valence-electron chi connectivity index (χ3n) is 3.63. The highest BCUT2D eigenvalue weighted by Crippen LogP contribution is 2.34. The summed E-state index contributed by atoms with van der Waals surface area (Å²) in [4.78, 5) is 12.2. The van der Waals surface area contributed by atoms with E-state index in [1.54, 1.807) is 12.1 Å². The standard InChI is InChI=1S/C16H11BrF4N2O/c17-13-6-11(7-14-12(13)1-2-22-14)23-15(24)8-3-9(16(19,20)21)5-10(18)4-8/h3-7,22H,1-2H2,(H,23,24). The minimum Gasteiger partial charge on any atom is -0.384 e. The average Bonchev–Trinajstić information content (AvgIpc) is 2.94. The molecule has 3 nitrogen and oxygen atoms in total. The number of halogens is 5. The third kappa shape index (κ3) is 3.38. The maximum Gasteiger partial charge on any atom is 0.416 e. The molecule has 1 amide bonds. The number of amides is 1. The van der Waals surface area contributed by atoms with Crippen molar-refractivity contribution < 1.29 is 22.4 Å². The lowest BCUT2D eigenvalue weighted by atomic mass is 10.1. The number of hydrogen-bond acceptors (Lipinski definition) is 2. The summed E-state index contributed by atoms with van der Waals surface area (Å²) in [6.45, 7) is 0.768. The fourth-order valence-corrected chi connectivity index (χ4v) is 3.19. The Morgan fingerprint density at radius 3 is 2.62 bits per heavy atom. The summed E-state index contributed by atoms with van der Waals surface area (Å²) >= 11 is 3.39. The van der Waals surface area contributed by atoms with Gasteiger partial charge >= 0.3 is 6.18 Å². The molecule has 2 aromatic carbocycles. The lowest BCUT2D eigenvalue weighted by Gasteiger charge is -2.11. The molecule has 0 saturated carbocycles. The number of nitrogens with one attached hydrogen (secondary N) is 2. The van der Waals surface area contributed by atoms with Crippen molar-refractivity contribution in [1.82, 2.24) is 0 Å². The van der Waals surface area contributed by atoms with Crippen molar-refractivity contribution >= 4 is 33.2 Å². The number of rotatable bonds is 2. The maximum absolute atomic E-state index is 13.4. The van der Waals surface area contributed by atoms with E-state index in [-0.39, 0.29) is 0 Å². The lowest BCUT2D eigenvalue weighted by molar-refractivity contribution is -0.137. The Hall–Kier alpha value is -2.09. The van der Waals surface area contributed by atoms with Crippen LogP contribution in [0.2, 0.25) is 0 Å². The molecule has 3 rings (SSSR count). The van der Waals surface area contributed by atoms with Crippen LogP contribution < -0.4 is 10.6 Å². The summed E-state index contributed by atoms with van der Waals surface area (Å²) in [5.74, 6) is -1.93. The van der Waals surface area contributed by atoms with Crippen LogP contribution in [0, 0.1) is 5.82 Å². The molecule has 0 fully saturated rings. The zero-order chi connectivity index (χ0) is 17.5. The first-order valence-electron chi connectivity index (χ1n) is 6.99. The fraction of sp³-hybridized carbons (Fsp3) is 0.188. The van der Waals surface area contributed by atoms with Gasteiger partial charge < -0.3 is 10.6 Å². The molecule has 0 aliphatic carbocycles. The second-order valence-electron chi connectivity index (χ2n) is 5.34. The zero-order valence-corrected chi connectivity index (χ0v) is 13.7. The molecule has 0 bridgehead atoms.